The summed E-state index contributed by atoms with van der Waals surface area (Å²) in [7, 11) is 0. The smallest absolute Gasteiger partial charge is 0.242 e. The molecule has 0 aliphatic carbocycles. The van der Waals surface area contributed by atoms with Crippen molar-refractivity contribution in [1.29, 1.82) is 0 Å². The highest BCUT2D eigenvalue weighted by Gasteiger charge is 2.33. The van der Waals surface area contributed by atoms with Crippen molar-refractivity contribution in [3.8, 4) is 0 Å². The number of nitrogens with one attached hydrogen (secondary N) is 1. The predicted octanol–water partition coefficient (Wildman–Crippen LogP) is 3.67. The van der Waals surface area contributed by atoms with Crippen molar-refractivity contribution in [1.82, 2.24) is 14.7 Å². The molecule has 134 valence electrons. The Bertz CT molecular complexity index is 718. The van der Waals surface area contributed by atoms with Crippen molar-refractivity contribution in [3.63, 3.8) is 0 Å². The standard InChI is InChI=1S/C18H23ClN4OS/c1-3-12(2)20-17(24)15-5-4-10-23(15)18-21-16(22-25-18)11-13-6-8-14(19)9-7-13/h6-9,12,15H,3-5,10-11H2,1-2H3,(H,20,24)/t12-,15+/m1/s1. The maximum atomic E-state index is 12.5. The molecule has 3 rings (SSSR count). The number of hydrogen-bond acceptors (Lipinski definition) is 5. The van der Waals surface area contributed by atoms with Gasteiger partial charge in [0.05, 0.1) is 0 Å². The first-order chi connectivity index (χ1) is 12.1. The van der Waals surface area contributed by atoms with Crippen molar-refractivity contribution in [2.24, 2.45) is 0 Å². The maximum Gasteiger partial charge on any atom is 0.242 e. The zero-order valence-electron chi connectivity index (χ0n) is 14.5. The summed E-state index contributed by atoms with van der Waals surface area (Å²) in [4.78, 5) is 19.3. The highest BCUT2D eigenvalue weighted by molar-refractivity contribution is 7.09. The van der Waals surface area contributed by atoms with Gasteiger partial charge in [-0.3, -0.25) is 4.79 Å². The lowest BCUT2D eigenvalue weighted by Crippen LogP contribution is -2.46. The fourth-order valence-electron chi connectivity index (χ4n) is 2.93. The number of aromatic nitrogens is 2. The summed E-state index contributed by atoms with van der Waals surface area (Å²) < 4.78 is 4.47. The largest absolute Gasteiger partial charge is 0.352 e. The summed E-state index contributed by atoms with van der Waals surface area (Å²) >= 11 is 7.30. The molecule has 0 radical (unpaired) electrons. The Morgan fingerprint density at radius 3 is 2.92 bits per heavy atom. The second-order valence-corrected chi connectivity index (χ2v) is 7.63. The average Bonchev–Trinajstić information content (AvgIpc) is 3.25. The molecule has 7 heteroatoms. The fraction of sp³-hybridized carbons (Fsp3) is 0.500. The minimum absolute atomic E-state index is 0.0984. The van der Waals surface area contributed by atoms with E-state index in [0.29, 0.717) is 6.42 Å². The van der Waals surface area contributed by atoms with Crippen LogP contribution in [0.3, 0.4) is 0 Å². The number of halogens is 1. The predicted molar refractivity (Wildman–Crippen MR) is 102 cm³/mol. The van der Waals surface area contributed by atoms with Crippen molar-refractivity contribution in [3.05, 3.63) is 40.7 Å². The lowest BCUT2D eigenvalue weighted by atomic mass is 10.1. The van der Waals surface area contributed by atoms with Crippen LogP contribution in [-0.4, -0.2) is 33.9 Å². The van der Waals surface area contributed by atoms with Gasteiger partial charge in [0.15, 0.2) is 0 Å². The second-order valence-electron chi connectivity index (χ2n) is 6.47. The lowest BCUT2D eigenvalue weighted by Gasteiger charge is -2.24. The van der Waals surface area contributed by atoms with Gasteiger partial charge in [0.25, 0.3) is 0 Å². The highest BCUT2D eigenvalue weighted by atomic mass is 35.5. The quantitative estimate of drug-likeness (QED) is 0.833. The Balaban J connectivity index is 1.68. The molecule has 0 spiro atoms. The molecule has 0 unspecified atom stereocenters. The van der Waals surface area contributed by atoms with Crippen LogP contribution in [0, 0.1) is 0 Å². The Morgan fingerprint density at radius 2 is 2.20 bits per heavy atom. The number of anilines is 1. The van der Waals surface area contributed by atoms with Gasteiger partial charge >= 0.3 is 0 Å². The number of amides is 1. The number of nitrogens with zero attached hydrogens (tertiary/aromatic N) is 3. The van der Waals surface area contributed by atoms with Crippen molar-refractivity contribution < 1.29 is 4.79 Å². The van der Waals surface area contributed by atoms with E-state index in [1.165, 1.54) is 11.5 Å². The molecule has 25 heavy (non-hydrogen) atoms. The van der Waals surface area contributed by atoms with Gasteiger partial charge < -0.3 is 10.2 Å². The SMILES string of the molecule is CC[C@@H](C)NC(=O)[C@@H]1CCCN1c1nc(Cc2ccc(Cl)cc2)ns1. The van der Waals surface area contributed by atoms with Crippen LogP contribution < -0.4 is 10.2 Å². The molecule has 1 saturated heterocycles. The van der Waals surface area contributed by atoms with Gasteiger partial charge in [-0.2, -0.15) is 4.37 Å². The van der Waals surface area contributed by atoms with Crippen LogP contribution in [0.25, 0.3) is 0 Å². The van der Waals surface area contributed by atoms with Crippen LogP contribution in [-0.2, 0) is 11.2 Å². The third kappa shape index (κ3) is 4.50. The Kier molecular flexibility index (Phi) is 5.91. The first kappa shape index (κ1) is 18.1. The van der Waals surface area contributed by atoms with Crippen LogP contribution in [0.5, 0.6) is 0 Å². The molecule has 2 atom stereocenters. The zero-order valence-corrected chi connectivity index (χ0v) is 16.1. The second kappa shape index (κ2) is 8.15. The molecule has 1 fully saturated rings. The van der Waals surface area contributed by atoms with E-state index in [-0.39, 0.29) is 18.0 Å². The van der Waals surface area contributed by atoms with Crippen LogP contribution in [0.4, 0.5) is 5.13 Å². The van der Waals surface area contributed by atoms with Gasteiger partial charge in [-0.25, -0.2) is 4.98 Å². The fourth-order valence-corrected chi connectivity index (χ4v) is 3.82. The maximum absolute atomic E-state index is 12.5. The molecule has 1 amide bonds. The van der Waals surface area contributed by atoms with Crippen LogP contribution in [0.2, 0.25) is 5.02 Å². The van der Waals surface area contributed by atoms with E-state index in [9.17, 15) is 4.79 Å². The Hall–Kier alpha value is -1.66. The molecule has 1 aromatic heterocycles. The number of rotatable bonds is 6. The molecular formula is C18H23ClN4OS. The average molecular weight is 379 g/mol. The Labute approximate surface area is 157 Å². The molecule has 0 bridgehead atoms. The van der Waals surface area contributed by atoms with E-state index in [4.69, 9.17) is 11.6 Å². The normalized spacial score (nSPS) is 18.4. The molecule has 1 aromatic carbocycles. The van der Waals surface area contributed by atoms with Crippen molar-refractivity contribution in [2.75, 3.05) is 11.4 Å². The summed E-state index contributed by atoms with van der Waals surface area (Å²) in [5.41, 5.74) is 1.13. The highest BCUT2D eigenvalue weighted by Crippen LogP contribution is 2.28. The zero-order chi connectivity index (χ0) is 17.8. The van der Waals surface area contributed by atoms with E-state index in [1.54, 1.807) is 0 Å². The topological polar surface area (TPSA) is 58.1 Å². The van der Waals surface area contributed by atoms with E-state index in [0.717, 1.165) is 47.3 Å². The van der Waals surface area contributed by atoms with Gasteiger partial charge in [0.1, 0.15) is 11.9 Å². The lowest BCUT2D eigenvalue weighted by molar-refractivity contribution is -0.122. The minimum Gasteiger partial charge on any atom is -0.352 e. The first-order valence-corrected chi connectivity index (χ1v) is 9.86. The molecule has 5 nitrogen and oxygen atoms in total. The van der Waals surface area contributed by atoms with Gasteiger partial charge in [0, 0.05) is 35.6 Å². The van der Waals surface area contributed by atoms with Gasteiger partial charge in [-0.15, -0.1) is 0 Å². The van der Waals surface area contributed by atoms with Crippen LogP contribution in [0.1, 0.15) is 44.5 Å². The molecule has 2 aromatic rings. The molecule has 1 N–H and O–H groups in total. The third-order valence-electron chi connectivity index (χ3n) is 4.54. The van der Waals surface area contributed by atoms with Gasteiger partial charge in [0.2, 0.25) is 11.0 Å². The monoisotopic (exact) mass is 378 g/mol. The van der Waals surface area contributed by atoms with E-state index in [1.807, 2.05) is 31.2 Å². The van der Waals surface area contributed by atoms with Crippen molar-refractivity contribution >= 4 is 34.2 Å². The van der Waals surface area contributed by atoms with Gasteiger partial charge in [-0.05, 0) is 43.9 Å². The summed E-state index contributed by atoms with van der Waals surface area (Å²) in [5.74, 6) is 0.886. The van der Waals surface area contributed by atoms with Gasteiger partial charge in [-0.1, -0.05) is 30.7 Å². The number of hydrogen-bond donors (Lipinski definition) is 1. The summed E-state index contributed by atoms with van der Waals surface area (Å²) in [5, 5.41) is 4.65. The van der Waals surface area contributed by atoms with E-state index >= 15 is 0 Å². The van der Waals surface area contributed by atoms with E-state index < -0.39 is 0 Å². The van der Waals surface area contributed by atoms with E-state index in [2.05, 4.69) is 26.5 Å². The summed E-state index contributed by atoms with van der Waals surface area (Å²) in [6.45, 7) is 4.96. The molecule has 1 aliphatic heterocycles. The Morgan fingerprint density at radius 1 is 1.44 bits per heavy atom. The molecule has 0 saturated carbocycles. The van der Waals surface area contributed by atoms with Crippen LogP contribution in [0.15, 0.2) is 24.3 Å². The molecular weight excluding hydrogens is 356 g/mol. The number of carbonyl (C=O) groups is 1. The number of benzene rings is 1. The number of carbonyl (C=O) groups excluding carboxylic acids is 1. The molecule has 1 aliphatic rings. The summed E-state index contributed by atoms with van der Waals surface area (Å²) in [6.07, 6.45) is 3.48. The minimum atomic E-state index is -0.134. The summed E-state index contributed by atoms with van der Waals surface area (Å²) in [6, 6.07) is 7.79. The molecule has 2 heterocycles. The first-order valence-electron chi connectivity index (χ1n) is 8.71. The third-order valence-corrected chi connectivity index (χ3v) is 5.58. The van der Waals surface area contributed by atoms with Crippen molar-refractivity contribution in [2.45, 2.75) is 51.6 Å². The van der Waals surface area contributed by atoms with Crippen LogP contribution >= 0.6 is 23.1 Å².